The Labute approximate surface area is 146 Å². The molecule has 132 valence electrons. The number of benzene rings is 1. The zero-order valence-electron chi connectivity index (χ0n) is 15.0. The van der Waals surface area contributed by atoms with Gasteiger partial charge in [-0.1, -0.05) is 12.1 Å². The average molecular weight is 330 g/mol. The van der Waals surface area contributed by atoms with Gasteiger partial charge in [0.25, 0.3) is 0 Å². The molecular formula is C19H30N4O. The van der Waals surface area contributed by atoms with E-state index in [2.05, 4.69) is 47.3 Å². The molecule has 0 radical (unpaired) electrons. The van der Waals surface area contributed by atoms with Crippen LogP contribution in [0.2, 0.25) is 0 Å². The molecule has 0 saturated carbocycles. The second-order valence-corrected chi connectivity index (χ2v) is 6.58. The van der Waals surface area contributed by atoms with Gasteiger partial charge in [-0.2, -0.15) is 5.26 Å². The zero-order chi connectivity index (χ0) is 17.2. The van der Waals surface area contributed by atoms with Crippen LogP contribution in [0, 0.1) is 11.3 Å². The first-order chi connectivity index (χ1) is 11.7. The van der Waals surface area contributed by atoms with Crippen LogP contribution < -0.4 is 10.1 Å². The van der Waals surface area contributed by atoms with Crippen molar-refractivity contribution in [2.45, 2.75) is 32.4 Å². The quantitative estimate of drug-likeness (QED) is 0.703. The van der Waals surface area contributed by atoms with Crippen LogP contribution in [0.3, 0.4) is 0 Å². The summed E-state index contributed by atoms with van der Waals surface area (Å²) in [7, 11) is 2.19. The number of unbranched alkanes of at least 4 members (excludes halogenated alkanes) is 1. The van der Waals surface area contributed by atoms with Gasteiger partial charge in [0.1, 0.15) is 5.75 Å². The van der Waals surface area contributed by atoms with Gasteiger partial charge in [-0.25, -0.2) is 0 Å². The number of hydrogen-bond acceptors (Lipinski definition) is 5. The first kappa shape index (κ1) is 18.7. The monoisotopic (exact) mass is 330 g/mol. The Hall–Kier alpha value is -1.61. The number of nitrogens with zero attached hydrogens (tertiary/aromatic N) is 3. The lowest BCUT2D eigenvalue weighted by atomic mass is 10.2. The van der Waals surface area contributed by atoms with E-state index in [1.807, 2.05) is 12.1 Å². The molecule has 5 nitrogen and oxygen atoms in total. The second-order valence-electron chi connectivity index (χ2n) is 6.58. The molecule has 0 aromatic heterocycles. The lowest BCUT2D eigenvalue weighted by Crippen LogP contribution is -2.50. The van der Waals surface area contributed by atoms with E-state index >= 15 is 0 Å². The molecule has 1 aliphatic heterocycles. The largest absolute Gasteiger partial charge is 0.494 e. The summed E-state index contributed by atoms with van der Waals surface area (Å²) in [6.07, 6.45) is 1.33. The third-order valence-electron chi connectivity index (χ3n) is 4.53. The van der Waals surface area contributed by atoms with Crippen molar-refractivity contribution in [2.24, 2.45) is 0 Å². The molecule has 24 heavy (non-hydrogen) atoms. The minimum Gasteiger partial charge on any atom is -0.494 e. The lowest BCUT2D eigenvalue weighted by Gasteiger charge is -2.36. The number of piperazine rings is 1. The SMILES string of the molecule is CC(CNCc1cccc(OCCCC#N)c1)N1CCN(C)CC1. The third kappa shape index (κ3) is 6.48. The summed E-state index contributed by atoms with van der Waals surface area (Å²) >= 11 is 0. The maximum absolute atomic E-state index is 8.54. The summed E-state index contributed by atoms with van der Waals surface area (Å²) in [5.41, 5.74) is 1.23. The van der Waals surface area contributed by atoms with Crippen molar-refractivity contribution >= 4 is 0 Å². The summed E-state index contributed by atoms with van der Waals surface area (Å²) < 4.78 is 5.69. The fourth-order valence-corrected chi connectivity index (χ4v) is 2.90. The van der Waals surface area contributed by atoms with Crippen LogP contribution in [0.5, 0.6) is 5.75 Å². The van der Waals surface area contributed by atoms with Crippen molar-refractivity contribution < 1.29 is 4.74 Å². The number of nitrogens with one attached hydrogen (secondary N) is 1. The summed E-state index contributed by atoms with van der Waals surface area (Å²) in [6.45, 7) is 9.39. The van der Waals surface area contributed by atoms with E-state index in [-0.39, 0.29) is 0 Å². The van der Waals surface area contributed by atoms with Crippen molar-refractivity contribution in [3.63, 3.8) is 0 Å². The van der Waals surface area contributed by atoms with Crippen LogP contribution in [0.1, 0.15) is 25.3 Å². The molecule has 1 heterocycles. The Morgan fingerprint density at radius 1 is 1.29 bits per heavy atom. The minimum atomic E-state index is 0.547. The van der Waals surface area contributed by atoms with Crippen LogP contribution in [-0.4, -0.2) is 62.2 Å². The number of rotatable bonds is 9. The predicted octanol–water partition coefficient (Wildman–Crippen LogP) is 2.09. The van der Waals surface area contributed by atoms with E-state index in [4.69, 9.17) is 10.00 Å². The van der Waals surface area contributed by atoms with Crippen molar-refractivity contribution in [1.29, 1.82) is 5.26 Å². The maximum atomic E-state index is 8.54. The standard InChI is InChI=1S/C19H30N4O/c1-17(23-11-9-22(2)10-12-23)15-21-16-18-6-5-7-19(14-18)24-13-4-3-8-20/h5-7,14,17,21H,3-4,9-13,15-16H2,1-2H3. The first-order valence-corrected chi connectivity index (χ1v) is 8.91. The van der Waals surface area contributed by atoms with Crippen molar-refractivity contribution in [3.05, 3.63) is 29.8 Å². The van der Waals surface area contributed by atoms with Gasteiger partial charge in [0.05, 0.1) is 12.7 Å². The normalized spacial score (nSPS) is 17.4. The van der Waals surface area contributed by atoms with Crippen molar-refractivity contribution in [2.75, 3.05) is 46.4 Å². The molecule has 1 unspecified atom stereocenters. The van der Waals surface area contributed by atoms with Gasteiger partial charge in [0.15, 0.2) is 0 Å². The minimum absolute atomic E-state index is 0.547. The first-order valence-electron chi connectivity index (χ1n) is 8.91. The van der Waals surface area contributed by atoms with Gasteiger partial charge in [-0.05, 0) is 38.1 Å². The van der Waals surface area contributed by atoms with Gasteiger partial charge in [-0.3, -0.25) is 4.90 Å². The smallest absolute Gasteiger partial charge is 0.119 e. The predicted molar refractivity (Wildman–Crippen MR) is 97.0 cm³/mol. The number of hydrogen-bond donors (Lipinski definition) is 1. The molecule has 1 aliphatic rings. The molecule has 0 amide bonds. The van der Waals surface area contributed by atoms with Gasteiger partial charge in [-0.15, -0.1) is 0 Å². The highest BCUT2D eigenvalue weighted by molar-refractivity contribution is 5.28. The third-order valence-corrected chi connectivity index (χ3v) is 4.53. The maximum Gasteiger partial charge on any atom is 0.119 e. The highest BCUT2D eigenvalue weighted by Crippen LogP contribution is 2.14. The fourth-order valence-electron chi connectivity index (χ4n) is 2.90. The molecule has 1 fully saturated rings. The van der Waals surface area contributed by atoms with Crippen LogP contribution in [0.4, 0.5) is 0 Å². The molecule has 1 aromatic rings. The molecule has 1 atom stereocenters. The summed E-state index contributed by atoms with van der Waals surface area (Å²) in [6, 6.07) is 10.9. The van der Waals surface area contributed by atoms with Crippen molar-refractivity contribution in [1.82, 2.24) is 15.1 Å². The van der Waals surface area contributed by atoms with Crippen LogP contribution >= 0.6 is 0 Å². The van der Waals surface area contributed by atoms with E-state index < -0.39 is 0 Å². The van der Waals surface area contributed by atoms with E-state index in [1.165, 1.54) is 5.56 Å². The molecule has 1 aromatic carbocycles. The van der Waals surface area contributed by atoms with Crippen molar-refractivity contribution in [3.8, 4) is 11.8 Å². The number of ether oxygens (including phenoxy) is 1. The molecule has 1 saturated heterocycles. The molecular weight excluding hydrogens is 300 g/mol. The lowest BCUT2D eigenvalue weighted by molar-refractivity contribution is 0.118. The van der Waals surface area contributed by atoms with Gasteiger partial charge in [0.2, 0.25) is 0 Å². The summed E-state index contributed by atoms with van der Waals surface area (Å²) in [5, 5.41) is 12.1. The van der Waals surface area contributed by atoms with E-state index in [1.54, 1.807) is 0 Å². The molecule has 5 heteroatoms. The van der Waals surface area contributed by atoms with Crippen LogP contribution in [0.25, 0.3) is 0 Å². The molecule has 0 aliphatic carbocycles. The summed E-state index contributed by atoms with van der Waals surface area (Å²) in [4.78, 5) is 4.94. The zero-order valence-corrected chi connectivity index (χ0v) is 15.0. The van der Waals surface area contributed by atoms with E-state index in [0.717, 1.165) is 51.4 Å². The second kappa shape index (κ2) is 10.3. The number of likely N-dealkylation sites (N-methyl/N-ethyl adjacent to an activating group) is 1. The topological polar surface area (TPSA) is 51.5 Å². The Kier molecular flexibility index (Phi) is 8.03. The van der Waals surface area contributed by atoms with Crippen LogP contribution in [-0.2, 0) is 6.54 Å². The highest BCUT2D eigenvalue weighted by Gasteiger charge is 2.18. The van der Waals surface area contributed by atoms with E-state index in [0.29, 0.717) is 19.1 Å². The van der Waals surface area contributed by atoms with Crippen LogP contribution in [0.15, 0.2) is 24.3 Å². The average Bonchev–Trinajstić information content (AvgIpc) is 2.60. The Morgan fingerprint density at radius 2 is 2.08 bits per heavy atom. The fraction of sp³-hybridized carbons (Fsp3) is 0.632. The summed E-state index contributed by atoms with van der Waals surface area (Å²) in [5.74, 6) is 0.888. The molecule has 1 N–H and O–H groups in total. The Morgan fingerprint density at radius 3 is 2.83 bits per heavy atom. The Balaban J connectivity index is 1.69. The molecule has 2 rings (SSSR count). The van der Waals surface area contributed by atoms with Gasteiger partial charge < -0.3 is 15.0 Å². The highest BCUT2D eigenvalue weighted by atomic mass is 16.5. The van der Waals surface area contributed by atoms with Gasteiger partial charge >= 0.3 is 0 Å². The van der Waals surface area contributed by atoms with Gasteiger partial charge in [0, 0.05) is 51.7 Å². The van der Waals surface area contributed by atoms with E-state index in [9.17, 15) is 0 Å². The Bertz CT molecular complexity index is 520. The number of nitriles is 1. The molecule has 0 bridgehead atoms. The molecule has 0 spiro atoms.